The normalized spacial score (nSPS) is 16.4. The molecule has 1 atom stereocenters. The van der Waals surface area contributed by atoms with E-state index in [1.54, 1.807) is 19.3 Å². The summed E-state index contributed by atoms with van der Waals surface area (Å²) in [6.45, 7) is 1.86. The molecule has 3 rings (SSSR count). The second kappa shape index (κ2) is 8.58. The van der Waals surface area contributed by atoms with Gasteiger partial charge >= 0.3 is 0 Å². The fourth-order valence-corrected chi connectivity index (χ4v) is 2.59. The molecule has 132 valence electrons. The number of ether oxygens (including phenoxy) is 2. The van der Waals surface area contributed by atoms with Crippen LogP contribution in [0.3, 0.4) is 0 Å². The van der Waals surface area contributed by atoms with Crippen LogP contribution in [0.2, 0.25) is 5.15 Å². The molecule has 1 aromatic heterocycles. The van der Waals surface area contributed by atoms with Gasteiger partial charge in [-0.1, -0.05) is 29.8 Å². The average Bonchev–Trinajstić information content (AvgIpc) is 2.66. The molecule has 1 aromatic carbocycles. The van der Waals surface area contributed by atoms with Gasteiger partial charge in [0.15, 0.2) is 17.5 Å². The van der Waals surface area contributed by atoms with Gasteiger partial charge in [-0.05, 0) is 30.2 Å². The van der Waals surface area contributed by atoms with Crippen molar-refractivity contribution in [3.05, 3.63) is 53.3 Å². The van der Waals surface area contributed by atoms with E-state index in [1.165, 1.54) is 0 Å². The van der Waals surface area contributed by atoms with Gasteiger partial charge in [0.2, 0.25) is 0 Å². The number of halogens is 1. The minimum absolute atomic E-state index is 0.0612. The Kier molecular flexibility index (Phi) is 5.95. The Morgan fingerprint density at radius 3 is 2.84 bits per heavy atom. The van der Waals surface area contributed by atoms with Gasteiger partial charge in [0.1, 0.15) is 17.9 Å². The zero-order valence-electron chi connectivity index (χ0n) is 14.0. The molecule has 7 heteroatoms. The van der Waals surface area contributed by atoms with Crippen molar-refractivity contribution in [2.24, 2.45) is 4.99 Å². The zero-order valence-corrected chi connectivity index (χ0v) is 14.8. The maximum atomic E-state index is 5.92. The molecule has 2 heterocycles. The van der Waals surface area contributed by atoms with E-state index in [4.69, 9.17) is 21.1 Å². The van der Waals surface area contributed by atoms with Crippen molar-refractivity contribution in [3.63, 3.8) is 0 Å². The molecule has 1 aliphatic rings. The molecule has 25 heavy (non-hydrogen) atoms. The Balaban J connectivity index is 1.41. The molecular formula is C18H21ClN4O2. The molecule has 6 nitrogen and oxygen atoms in total. The van der Waals surface area contributed by atoms with Gasteiger partial charge in [-0.2, -0.15) is 0 Å². The van der Waals surface area contributed by atoms with Crippen molar-refractivity contribution in [3.8, 4) is 11.5 Å². The highest BCUT2D eigenvalue weighted by Gasteiger charge is 2.20. The topological polar surface area (TPSA) is 67.8 Å². The first-order chi connectivity index (χ1) is 12.2. The first-order valence-corrected chi connectivity index (χ1v) is 8.56. The number of pyridine rings is 1. The van der Waals surface area contributed by atoms with Gasteiger partial charge < -0.3 is 20.1 Å². The van der Waals surface area contributed by atoms with E-state index < -0.39 is 0 Å². The zero-order chi connectivity index (χ0) is 17.5. The largest absolute Gasteiger partial charge is 0.486 e. The summed E-state index contributed by atoms with van der Waals surface area (Å²) in [6.07, 6.45) is 2.56. The molecule has 0 fully saturated rings. The lowest BCUT2D eigenvalue weighted by Crippen LogP contribution is -2.45. The second-order valence-electron chi connectivity index (χ2n) is 5.62. The van der Waals surface area contributed by atoms with Crippen LogP contribution < -0.4 is 20.1 Å². The van der Waals surface area contributed by atoms with Gasteiger partial charge in [-0.3, -0.25) is 4.99 Å². The predicted molar refractivity (Wildman–Crippen MR) is 98.7 cm³/mol. The summed E-state index contributed by atoms with van der Waals surface area (Å²) < 4.78 is 11.6. The lowest BCUT2D eigenvalue weighted by molar-refractivity contribution is 0.0936. The van der Waals surface area contributed by atoms with E-state index in [9.17, 15) is 0 Å². The van der Waals surface area contributed by atoms with E-state index in [0.29, 0.717) is 18.3 Å². The van der Waals surface area contributed by atoms with Crippen molar-refractivity contribution in [2.45, 2.75) is 12.5 Å². The van der Waals surface area contributed by atoms with Gasteiger partial charge in [-0.15, -0.1) is 0 Å². The number of benzene rings is 1. The van der Waals surface area contributed by atoms with Crippen LogP contribution in [0.15, 0.2) is 47.6 Å². The first-order valence-electron chi connectivity index (χ1n) is 8.18. The molecule has 1 aliphatic heterocycles. The molecule has 0 radical (unpaired) electrons. The number of guanidine groups is 1. The summed E-state index contributed by atoms with van der Waals surface area (Å²) in [7, 11) is 1.74. The number of para-hydroxylation sites is 2. The summed E-state index contributed by atoms with van der Waals surface area (Å²) in [5, 5.41) is 7.04. The maximum Gasteiger partial charge on any atom is 0.191 e. The predicted octanol–water partition coefficient (Wildman–Crippen LogP) is 2.28. The molecular weight excluding hydrogens is 340 g/mol. The number of hydrogen-bond donors (Lipinski definition) is 2. The Labute approximate surface area is 152 Å². The summed E-state index contributed by atoms with van der Waals surface area (Å²) >= 11 is 5.79. The highest BCUT2D eigenvalue weighted by molar-refractivity contribution is 6.29. The molecule has 0 aliphatic carbocycles. The molecule has 2 aromatic rings. The maximum absolute atomic E-state index is 5.92. The Bertz CT molecular complexity index is 721. The van der Waals surface area contributed by atoms with E-state index in [-0.39, 0.29) is 6.10 Å². The number of fused-ring (bicyclic) bond motifs is 1. The van der Waals surface area contributed by atoms with Crippen molar-refractivity contribution in [1.82, 2.24) is 15.6 Å². The Morgan fingerprint density at radius 1 is 1.24 bits per heavy atom. The quantitative estimate of drug-likeness (QED) is 0.486. The minimum Gasteiger partial charge on any atom is -0.486 e. The monoisotopic (exact) mass is 360 g/mol. The van der Waals surface area contributed by atoms with Gasteiger partial charge in [0.25, 0.3) is 0 Å². The fourth-order valence-electron chi connectivity index (χ4n) is 2.47. The third-order valence-electron chi connectivity index (χ3n) is 3.78. The molecule has 0 spiro atoms. The molecule has 0 saturated heterocycles. The lowest BCUT2D eigenvalue weighted by atomic mass is 10.2. The number of nitrogens with one attached hydrogen (secondary N) is 2. The number of rotatable bonds is 5. The molecule has 0 saturated carbocycles. The standard InChI is InChI=1S/C18H21ClN4O2/c1-20-18(21-9-8-13-6-7-17(19)22-10-13)23-11-14-12-24-15-4-2-3-5-16(15)25-14/h2-7,10,14H,8-9,11-12H2,1H3,(H2,20,21,23). The van der Waals surface area contributed by atoms with Gasteiger partial charge in [0, 0.05) is 19.8 Å². The van der Waals surface area contributed by atoms with Crippen molar-refractivity contribution in [1.29, 1.82) is 0 Å². The smallest absolute Gasteiger partial charge is 0.191 e. The summed E-state index contributed by atoms with van der Waals surface area (Å²) in [4.78, 5) is 8.30. The summed E-state index contributed by atoms with van der Waals surface area (Å²) in [5.74, 6) is 2.29. The summed E-state index contributed by atoms with van der Waals surface area (Å²) in [5.41, 5.74) is 1.12. The summed E-state index contributed by atoms with van der Waals surface area (Å²) in [6, 6.07) is 11.5. The Hall–Kier alpha value is -2.47. The molecule has 2 N–H and O–H groups in total. The van der Waals surface area contributed by atoms with Gasteiger partial charge in [0.05, 0.1) is 6.54 Å². The lowest BCUT2D eigenvalue weighted by Gasteiger charge is -2.27. The Morgan fingerprint density at radius 2 is 2.08 bits per heavy atom. The first kappa shape index (κ1) is 17.4. The van der Waals surface area contributed by atoms with Crippen LogP contribution in [0.1, 0.15) is 5.56 Å². The van der Waals surface area contributed by atoms with Crippen molar-refractivity contribution >= 4 is 17.6 Å². The highest BCUT2D eigenvalue weighted by Crippen LogP contribution is 2.30. The van der Waals surface area contributed by atoms with E-state index in [1.807, 2.05) is 30.3 Å². The highest BCUT2D eigenvalue weighted by atomic mass is 35.5. The van der Waals surface area contributed by atoms with E-state index in [2.05, 4.69) is 20.6 Å². The number of aliphatic imine (C=N–C) groups is 1. The van der Waals surface area contributed by atoms with E-state index in [0.717, 1.165) is 36.0 Å². The third kappa shape index (κ3) is 5.00. The van der Waals surface area contributed by atoms with Crippen LogP contribution in [-0.4, -0.2) is 43.8 Å². The minimum atomic E-state index is -0.0612. The van der Waals surface area contributed by atoms with Crippen LogP contribution >= 0.6 is 11.6 Å². The van der Waals surface area contributed by atoms with Crippen LogP contribution in [0.4, 0.5) is 0 Å². The molecule has 0 bridgehead atoms. The van der Waals surface area contributed by atoms with Crippen LogP contribution in [0.25, 0.3) is 0 Å². The van der Waals surface area contributed by atoms with Crippen molar-refractivity contribution in [2.75, 3.05) is 26.7 Å². The average molecular weight is 361 g/mol. The SMILES string of the molecule is CN=C(NCCc1ccc(Cl)nc1)NCC1COc2ccccc2O1. The van der Waals surface area contributed by atoms with E-state index >= 15 is 0 Å². The molecule has 0 amide bonds. The number of nitrogens with zero attached hydrogens (tertiary/aromatic N) is 2. The third-order valence-corrected chi connectivity index (χ3v) is 4.01. The van der Waals surface area contributed by atoms with Gasteiger partial charge in [-0.25, -0.2) is 4.98 Å². The second-order valence-corrected chi connectivity index (χ2v) is 6.00. The number of aromatic nitrogens is 1. The van der Waals surface area contributed by atoms with Crippen LogP contribution in [0.5, 0.6) is 11.5 Å². The fraction of sp³-hybridized carbons (Fsp3) is 0.333. The number of hydrogen-bond acceptors (Lipinski definition) is 4. The van der Waals surface area contributed by atoms with Crippen molar-refractivity contribution < 1.29 is 9.47 Å². The van der Waals surface area contributed by atoms with Crippen LogP contribution in [0, 0.1) is 0 Å². The molecule has 1 unspecified atom stereocenters. The van der Waals surface area contributed by atoms with Crippen LogP contribution in [-0.2, 0) is 6.42 Å².